The van der Waals surface area contributed by atoms with Crippen molar-refractivity contribution in [2.75, 3.05) is 24.6 Å². The van der Waals surface area contributed by atoms with E-state index in [4.69, 9.17) is 10.8 Å². The van der Waals surface area contributed by atoms with Crippen LogP contribution in [0.15, 0.2) is 18.2 Å². The van der Waals surface area contributed by atoms with Gasteiger partial charge in [0.15, 0.2) is 0 Å². The van der Waals surface area contributed by atoms with E-state index in [1.165, 1.54) is 12.1 Å². The molecule has 0 bridgehead atoms. The molecule has 0 aliphatic carbocycles. The summed E-state index contributed by atoms with van der Waals surface area (Å²) in [6.07, 6.45) is 0.953. The highest BCUT2D eigenvalue weighted by molar-refractivity contribution is 5.49. The lowest BCUT2D eigenvalue weighted by Gasteiger charge is -2.24. The van der Waals surface area contributed by atoms with E-state index in [2.05, 4.69) is 0 Å². The average Bonchev–Trinajstić information content (AvgIpc) is 2.28. The first-order valence-corrected chi connectivity index (χ1v) is 5.56. The first kappa shape index (κ1) is 12.9. The number of rotatable bonds is 6. The monoisotopic (exact) mass is 226 g/mol. The van der Waals surface area contributed by atoms with Gasteiger partial charge in [0, 0.05) is 25.3 Å². The zero-order valence-corrected chi connectivity index (χ0v) is 9.62. The van der Waals surface area contributed by atoms with E-state index < -0.39 is 0 Å². The van der Waals surface area contributed by atoms with Gasteiger partial charge in [0.1, 0.15) is 5.82 Å². The Kier molecular flexibility index (Phi) is 5.22. The number of halogens is 1. The van der Waals surface area contributed by atoms with Crippen LogP contribution in [0.2, 0.25) is 0 Å². The predicted octanol–water partition coefficient (Wildman–Crippen LogP) is 1.49. The van der Waals surface area contributed by atoms with Gasteiger partial charge in [0.05, 0.1) is 6.61 Å². The molecule has 1 aromatic carbocycles. The number of aliphatic hydroxyl groups excluding tert-OH is 1. The molecule has 0 saturated heterocycles. The summed E-state index contributed by atoms with van der Waals surface area (Å²) in [6.45, 7) is 3.75. The molecule has 0 atom stereocenters. The maximum absolute atomic E-state index is 13.3. The van der Waals surface area contributed by atoms with Gasteiger partial charge in [-0.3, -0.25) is 0 Å². The summed E-state index contributed by atoms with van der Waals surface area (Å²) in [5.74, 6) is -0.281. The lowest BCUT2D eigenvalue weighted by atomic mass is 10.1. The van der Waals surface area contributed by atoms with E-state index in [-0.39, 0.29) is 12.4 Å². The van der Waals surface area contributed by atoms with Gasteiger partial charge in [-0.1, -0.05) is 6.92 Å². The van der Waals surface area contributed by atoms with Gasteiger partial charge >= 0.3 is 0 Å². The number of nitrogens with zero attached hydrogens (tertiary/aromatic N) is 1. The van der Waals surface area contributed by atoms with Crippen LogP contribution in [0.4, 0.5) is 10.1 Å². The Morgan fingerprint density at radius 2 is 2.06 bits per heavy atom. The molecule has 0 saturated carbocycles. The van der Waals surface area contributed by atoms with E-state index in [1.807, 2.05) is 17.9 Å². The van der Waals surface area contributed by atoms with Gasteiger partial charge in [-0.15, -0.1) is 0 Å². The Balaban J connectivity index is 2.93. The minimum Gasteiger partial charge on any atom is -0.395 e. The highest BCUT2D eigenvalue weighted by Gasteiger charge is 2.07. The minimum atomic E-state index is -0.281. The zero-order chi connectivity index (χ0) is 12.0. The van der Waals surface area contributed by atoms with Gasteiger partial charge in [-0.2, -0.15) is 0 Å². The Morgan fingerprint density at radius 1 is 1.31 bits per heavy atom. The van der Waals surface area contributed by atoms with Crippen molar-refractivity contribution in [2.24, 2.45) is 5.73 Å². The molecule has 0 aliphatic rings. The molecule has 90 valence electrons. The third-order valence-corrected chi connectivity index (χ3v) is 2.41. The van der Waals surface area contributed by atoms with Crippen molar-refractivity contribution in [2.45, 2.75) is 19.9 Å². The van der Waals surface area contributed by atoms with E-state index in [0.29, 0.717) is 13.1 Å². The molecule has 0 unspecified atom stereocenters. The smallest absolute Gasteiger partial charge is 0.125 e. The molecule has 0 radical (unpaired) electrons. The molecule has 0 fully saturated rings. The molecule has 0 aliphatic heterocycles. The Bertz CT molecular complexity index is 325. The second-order valence-electron chi connectivity index (χ2n) is 3.73. The van der Waals surface area contributed by atoms with Crippen molar-refractivity contribution in [3.8, 4) is 0 Å². The number of hydrogen-bond donors (Lipinski definition) is 2. The van der Waals surface area contributed by atoms with Crippen LogP contribution in [0.5, 0.6) is 0 Å². The topological polar surface area (TPSA) is 49.5 Å². The van der Waals surface area contributed by atoms with Crippen LogP contribution >= 0.6 is 0 Å². The summed E-state index contributed by atoms with van der Waals surface area (Å²) >= 11 is 0. The summed E-state index contributed by atoms with van der Waals surface area (Å²) in [5.41, 5.74) is 7.06. The van der Waals surface area contributed by atoms with E-state index in [1.54, 1.807) is 0 Å². The second kappa shape index (κ2) is 6.45. The normalized spacial score (nSPS) is 10.5. The number of nitrogens with two attached hydrogens (primary N) is 1. The first-order valence-electron chi connectivity index (χ1n) is 5.56. The van der Waals surface area contributed by atoms with Crippen molar-refractivity contribution in [1.29, 1.82) is 0 Å². The van der Waals surface area contributed by atoms with Gasteiger partial charge in [0.2, 0.25) is 0 Å². The number of benzene rings is 1. The third kappa shape index (κ3) is 3.47. The molecule has 0 spiro atoms. The van der Waals surface area contributed by atoms with Crippen LogP contribution in [0.1, 0.15) is 18.9 Å². The molecular formula is C12H19FN2O. The van der Waals surface area contributed by atoms with E-state index in [9.17, 15) is 4.39 Å². The molecular weight excluding hydrogens is 207 g/mol. The number of hydrogen-bond acceptors (Lipinski definition) is 3. The fourth-order valence-electron chi connectivity index (χ4n) is 1.69. The maximum Gasteiger partial charge on any atom is 0.125 e. The van der Waals surface area contributed by atoms with Crippen LogP contribution in [0.3, 0.4) is 0 Å². The van der Waals surface area contributed by atoms with E-state index >= 15 is 0 Å². The zero-order valence-electron chi connectivity index (χ0n) is 9.62. The molecule has 3 nitrogen and oxygen atoms in total. The van der Waals surface area contributed by atoms with Gasteiger partial charge in [0.25, 0.3) is 0 Å². The third-order valence-electron chi connectivity index (χ3n) is 2.41. The van der Waals surface area contributed by atoms with Crippen molar-refractivity contribution in [3.05, 3.63) is 29.6 Å². The maximum atomic E-state index is 13.3. The molecule has 0 amide bonds. The summed E-state index contributed by atoms with van der Waals surface area (Å²) in [7, 11) is 0. The van der Waals surface area contributed by atoms with Crippen LogP contribution in [-0.2, 0) is 6.54 Å². The van der Waals surface area contributed by atoms with E-state index in [0.717, 1.165) is 24.2 Å². The Hall–Kier alpha value is -1.13. The van der Waals surface area contributed by atoms with Crippen molar-refractivity contribution in [1.82, 2.24) is 0 Å². The van der Waals surface area contributed by atoms with Gasteiger partial charge < -0.3 is 15.7 Å². The fraction of sp³-hybridized carbons (Fsp3) is 0.500. The predicted molar refractivity (Wildman–Crippen MR) is 63.9 cm³/mol. The quantitative estimate of drug-likeness (QED) is 0.772. The van der Waals surface area contributed by atoms with Crippen molar-refractivity contribution >= 4 is 5.69 Å². The molecule has 0 heterocycles. The SMILES string of the molecule is CCCN(CCO)c1cc(F)cc(CN)c1. The molecule has 4 heteroatoms. The second-order valence-corrected chi connectivity index (χ2v) is 3.73. The Labute approximate surface area is 95.7 Å². The number of anilines is 1. The van der Waals surface area contributed by atoms with Crippen molar-refractivity contribution in [3.63, 3.8) is 0 Å². The van der Waals surface area contributed by atoms with Crippen LogP contribution < -0.4 is 10.6 Å². The summed E-state index contributed by atoms with van der Waals surface area (Å²) in [5, 5.41) is 8.96. The fourth-order valence-corrected chi connectivity index (χ4v) is 1.69. The summed E-state index contributed by atoms with van der Waals surface area (Å²) in [4.78, 5) is 1.96. The lowest BCUT2D eigenvalue weighted by molar-refractivity contribution is 0.302. The highest BCUT2D eigenvalue weighted by Crippen LogP contribution is 2.18. The van der Waals surface area contributed by atoms with Gasteiger partial charge in [-0.05, 0) is 30.2 Å². The lowest BCUT2D eigenvalue weighted by Crippen LogP contribution is -2.27. The largest absolute Gasteiger partial charge is 0.395 e. The molecule has 1 rings (SSSR count). The first-order chi connectivity index (χ1) is 7.71. The van der Waals surface area contributed by atoms with Crippen LogP contribution in [-0.4, -0.2) is 24.8 Å². The highest BCUT2D eigenvalue weighted by atomic mass is 19.1. The molecule has 1 aromatic rings. The average molecular weight is 226 g/mol. The summed E-state index contributed by atoms with van der Waals surface area (Å²) in [6, 6.07) is 4.78. The molecule has 3 N–H and O–H groups in total. The molecule has 16 heavy (non-hydrogen) atoms. The van der Waals surface area contributed by atoms with Crippen LogP contribution in [0.25, 0.3) is 0 Å². The molecule has 0 aromatic heterocycles. The standard InChI is InChI=1S/C12H19FN2O/c1-2-3-15(4-5-16)12-7-10(9-14)6-11(13)8-12/h6-8,16H,2-5,9,14H2,1H3. The Morgan fingerprint density at radius 3 is 2.62 bits per heavy atom. The minimum absolute atomic E-state index is 0.0640. The van der Waals surface area contributed by atoms with Crippen LogP contribution in [0, 0.1) is 5.82 Å². The van der Waals surface area contributed by atoms with Gasteiger partial charge in [-0.25, -0.2) is 4.39 Å². The number of aliphatic hydroxyl groups is 1. The van der Waals surface area contributed by atoms with Crippen molar-refractivity contribution < 1.29 is 9.50 Å². The summed E-state index contributed by atoms with van der Waals surface area (Å²) < 4.78 is 13.3.